The summed E-state index contributed by atoms with van der Waals surface area (Å²) in [4.78, 5) is 12.1. The third-order valence-electron chi connectivity index (χ3n) is 3.15. The number of fused-ring (bicyclic) bond motifs is 1. The van der Waals surface area contributed by atoms with Gasteiger partial charge in [-0.2, -0.15) is 0 Å². The number of hydrogen-bond donors (Lipinski definition) is 0. The van der Waals surface area contributed by atoms with Crippen LogP contribution in [0.4, 0.5) is 0 Å². The van der Waals surface area contributed by atoms with Crippen LogP contribution in [0.5, 0.6) is 0 Å². The molecule has 0 spiro atoms. The molecule has 0 saturated heterocycles. The summed E-state index contributed by atoms with van der Waals surface area (Å²) in [5, 5.41) is 2.25. The summed E-state index contributed by atoms with van der Waals surface area (Å²) in [6, 6.07) is 14.1. The van der Waals surface area contributed by atoms with Gasteiger partial charge in [-0.25, -0.2) is 4.79 Å². The van der Waals surface area contributed by atoms with Gasteiger partial charge in [0.25, 0.3) is 0 Å². The minimum Gasteiger partial charge on any atom is -0.462 e. The zero-order valence-electron chi connectivity index (χ0n) is 12.5. The first-order valence-corrected chi connectivity index (χ1v) is 7.10. The Morgan fingerprint density at radius 1 is 1.14 bits per heavy atom. The van der Waals surface area contributed by atoms with Crippen molar-refractivity contribution in [2.45, 2.75) is 13.3 Å². The van der Waals surface area contributed by atoms with Crippen molar-refractivity contribution in [2.24, 2.45) is 0 Å². The van der Waals surface area contributed by atoms with Gasteiger partial charge in [-0.3, -0.25) is 0 Å². The highest BCUT2D eigenvalue weighted by molar-refractivity contribution is 5.98. The summed E-state index contributed by atoms with van der Waals surface area (Å²) in [6.07, 6.45) is 2.66. The Hall–Kier alpha value is -2.13. The van der Waals surface area contributed by atoms with Crippen LogP contribution in [0.2, 0.25) is 0 Å². The second kappa shape index (κ2) is 7.60. The van der Waals surface area contributed by atoms with E-state index >= 15 is 0 Å². The summed E-state index contributed by atoms with van der Waals surface area (Å²) in [5.41, 5.74) is 1.52. The lowest BCUT2D eigenvalue weighted by Crippen LogP contribution is -2.12. The average Bonchev–Trinajstić information content (AvgIpc) is 2.52. The van der Waals surface area contributed by atoms with Crippen LogP contribution in [0.25, 0.3) is 16.8 Å². The molecule has 2 rings (SSSR count). The van der Waals surface area contributed by atoms with Gasteiger partial charge in [0.1, 0.15) is 0 Å². The topological polar surface area (TPSA) is 35.5 Å². The number of methoxy groups -OCH3 is 1. The van der Waals surface area contributed by atoms with Gasteiger partial charge in [0, 0.05) is 7.11 Å². The molecular formula is C18H20O3. The van der Waals surface area contributed by atoms with Crippen LogP contribution in [-0.2, 0) is 14.3 Å². The Kier molecular flexibility index (Phi) is 5.52. The van der Waals surface area contributed by atoms with Crippen molar-refractivity contribution in [3.63, 3.8) is 0 Å². The molecule has 0 aliphatic heterocycles. The van der Waals surface area contributed by atoms with Gasteiger partial charge in [0.15, 0.2) is 0 Å². The smallest absolute Gasteiger partial charge is 0.336 e. The highest BCUT2D eigenvalue weighted by Crippen LogP contribution is 2.21. The molecule has 2 aromatic carbocycles. The monoisotopic (exact) mass is 284 g/mol. The summed E-state index contributed by atoms with van der Waals surface area (Å²) in [7, 11) is 1.57. The molecule has 3 nitrogen and oxygen atoms in total. The van der Waals surface area contributed by atoms with Gasteiger partial charge in [-0.15, -0.1) is 0 Å². The highest BCUT2D eigenvalue weighted by atomic mass is 16.5. The molecule has 21 heavy (non-hydrogen) atoms. The van der Waals surface area contributed by atoms with Crippen LogP contribution in [0.1, 0.15) is 18.9 Å². The van der Waals surface area contributed by atoms with Crippen LogP contribution in [0.15, 0.2) is 48.0 Å². The second-order valence-corrected chi connectivity index (χ2v) is 4.81. The van der Waals surface area contributed by atoms with Gasteiger partial charge in [0.2, 0.25) is 0 Å². The van der Waals surface area contributed by atoms with Crippen LogP contribution in [-0.4, -0.2) is 26.3 Å². The van der Waals surface area contributed by atoms with Crippen molar-refractivity contribution in [3.05, 3.63) is 53.6 Å². The Bertz CT molecular complexity index is 638. The van der Waals surface area contributed by atoms with E-state index in [1.54, 1.807) is 7.11 Å². The molecule has 0 bridgehead atoms. The van der Waals surface area contributed by atoms with Gasteiger partial charge in [0.05, 0.1) is 18.8 Å². The number of ether oxygens (including phenoxy) is 2. The summed E-state index contributed by atoms with van der Waals surface area (Å²) >= 11 is 0. The maximum Gasteiger partial charge on any atom is 0.336 e. The first kappa shape index (κ1) is 15.3. The van der Waals surface area contributed by atoms with E-state index < -0.39 is 0 Å². The SMILES string of the molecule is CCCOC(=O)C(=Cc1cccc2ccccc12)COC. The second-order valence-electron chi connectivity index (χ2n) is 4.81. The molecule has 0 aromatic heterocycles. The van der Waals surface area contributed by atoms with Gasteiger partial charge >= 0.3 is 5.97 Å². The van der Waals surface area contributed by atoms with Crippen molar-refractivity contribution in [1.82, 2.24) is 0 Å². The first-order chi connectivity index (χ1) is 10.3. The first-order valence-electron chi connectivity index (χ1n) is 7.10. The zero-order valence-corrected chi connectivity index (χ0v) is 12.5. The van der Waals surface area contributed by atoms with E-state index in [1.165, 1.54) is 0 Å². The number of rotatable bonds is 6. The fraction of sp³-hybridized carbons (Fsp3) is 0.278. The zero-order chi connectivity index (χ0) is 15.1. The maximum absolute atomic E-state index is 12.1. The number of carbonyl (C=O) groups is 1. The molecule has 2 aromatic rings. The van der Waals surface area contributed by atoms with E-state index in [1.807, 2.05) is 43.3 Å². The summed E-state index contributed by atoms with van der Waals surface area (Å²) < 4.78 is 10.3. The van der Waals surface area contributed by atoms with Crippen molar-refractivity contribution in [2.75, 3.05) is 20.3 Å². The molecule has 0 N–H and O–H groups in total. The van der Waals surface area contributed by atoms with Crippen molar-refractivity contribution >= 4 is 22.8 Å². The number of hydrogen-bond acceptors (Lipinski definition) is 3. The molecule has 0 unspecified atom stereocenters. The number of esters is 1. The third-order valence-corrected chi connectivity index (χ3v) is 3.15. The van der Waals surface area contributed by atoms with Crippen molar-refractivity contribution in [1.29, 1.82) is 0 Å². The van der Waals surface area contributed by atoms with Gasteiger partial charge in [-0.05, 0) is 28.8 Å². The molecule has 110 valence electrons. The minimum absolute atomic E-state index is 0.242. The van der Waals surface area contributed by atoms with Gasteiger partial charge < -0.3 is 9.47 Å². The van der Waals surface area contributed by atoms with Gasteiger partial charge in [-0.1, -0.05) is 49.4 Å². The van der Waals surface area contributed by atoms with E-state index in [9.17, 15) is 4.79 Å². The number of carbonyl (C=O) groups excluding carboxylic acids is 1. The van der Waals surface area contributed by atoms with Crippen LogP contribution < -0.4 is 0 Å². The maximum atomic E-state index is 12.1. The van der Waals surface area contributed by atoms with E-state index in [4.69, 9.17) is 9.47 Å². The molecular weight excluding hydrogens is 264 g/mol. The Balaban J connectivity index is 2.37. The fourth-order valence-corrected chi connectivity index (χ4v) is 2.17. The lowest BCUT2D eigenvalue weighted by Gasteiger charge is -2.08. The molecule has 0 radical (unpaired) electrons. The quantitative estimate of drug-likeness (QED) is 0.597. The highest BCUT2D eigenvalue weighted by Gasteiger charge is 2.11. The van der Waals surface area contributed by atoms with E-state index in [2.05, 4.69) is 12.1 Å². The van der Waals surface area contributed by atoms with Crippen LogP contribution >= 0.6 is 0 Å². The summed E-state index contributed by atoms with van der Waals surface area (Å²) in [5.74, 6) is -0.313. The Morgan fingerprint density at radius 3 is 2.67 bits per heavy atom. The van der Waals surface area contributed by atoms with E-state index in [0.29, 0.717) is 12.2 Å². The van der Waals surface area contributed by atoms with Crippen molar-refractivity contribution < 1.29 is 14.3 Å². The Labute approximate surface area is 125 Å². The molecule has 0 atom stereocenters. The lowest BCUT2D eigenvalue weighted by molar-refractivity contribution is -0.139. The fourth-order valence-electron chi connectivity index (χ4n) is 2.17. The number of benzene rings is 2. The molecule has 0 saturated carbocycles. The molecule has 3 heteroatoms. The normalized spacial score (nSPS) is 11.6. The minimum atomic E-state index is -0.313. The molecule has 0 fully saturated rings. The van der Waals surface area contributed by atoms with Crippen LogP contribution in [0.3, 0.4) is 0 Å². The van der Waals surface area contributed by atoms with E-state index in [-0.39, 0.29) is 12.6 Å². The predicted molar refractivity (Wildman–Crippen MR) is 85.1 cm³/mol. The largest absolute Gasteiger partial charge is 0.462 e. The predicted octanol–water partition coefficient (Wildman–Crippen LogP) is 3.82. The van der Waals surface area contributed by atoms with E-state index in [0.717, 1.165) is 22.8 Å². The lowest BCUT2D eigenvalue weighted by atomic mass is 10.0. The molecule has 0 aliphatic carbocycles. The molecule has 0 aliphatic rings. The Morgan fingerprint density at radius 2 is 1.90 bits per heavy atom. The van der Waals surface area contributed by atoms with Crippen molar-refractivity contribution in [3.8, 4) is 0 Å². The summed E-state index contributed by atoms with van der Waals surface area (Å²) in [6.45, 7) is 2.64. The van der Waals surface area contributed by atoms with Crippen LogP contribution in [0, 0.1) is 0 Å². The molecule has 0 amide bonds. The molecule has 0 heterocycles. The average molecular weight is 284 g/mol. The standard InChI is InChI=1S/C18H20O3/c1-3-11-21-18(19)16(13-20-2)12-15-9-6-8-14-7-4-5-10-17(14)15/h4-10,12H,3,11,13H2,1-2H3. The third kappa shape index (κ3) is 3.92.